The Hall–Kier alpha value is -3.08. The van der Waals surface area contributed by atoms with Crippen molar-refractivity contribution in [3.05, 3.63) is 71.5 Å². The number of rotatable bonds is 8. The van der Waals surface area contributed by atoms with Gasteiger partial charge in [-0.2, -0.15) is 9.40 Å². The van der Waals surface area contributed by atoms with Gasteiger partial charge in [-0.15, -0.1) is 0 Å². The van der Waals surface area contributed by atoms with Crippen LogP contribution in [0.2, 0.25) is 0 Å². The summed E-state index contributed by atoms with van der Waals surface area (Å²) in [5.41, 5.74) is 3.20. The lowest BCUT2D eigenvalue weighted by Gasteiger charge is -2.30. The van der Waals surface area contributed by atoms with Gasteiger partial charge in [0.1, 0.15) is 0 Å². The number of nitrogens with zero attached hydrogens (tertiary/aromatic N) is 5. The van der Waals surface area contributed by atoms with Crippen molar-refractivity contribution in [2.24, 2.45) is 0 Å². The second-order valence-corrected chi connectivity index (χ2v) is 12.9. The zero-order chi connectivity index (χ0) is 26.9. The van der Waals surface area contributed by atoms with Crippen molar-refractivity contribution in [1.82, 2.24) is 19.1 Å². The van der Waals surface area contributed by atoms with E-state index in [0.717, 1.165) is 53.7 Å². The number of aromatic nitrogens is 3. The molecule has 1 fully saturated rings. The minimum Gasteiger partial charge on any atom is -0.282 e. The summed E-state index contributed by atoms with van der Waals surface area (Å²) < 4.78 is 30.9. The number of carbonyl (C=O) groups excluding carboxylic acids is 1. The van der Waals surface area contributed by atoms with Gasteiger partial charge in [0.15, 0.2) is 5.13 Å². The summed E-state index contributed by atoms with van der Waals surface area (Å²) in [6.07, 6.45) is 5.04. The van der Waals surface area contributed by atoms with Gasteiger partial charge in [0.05, 0.1) is 27.4 Å². The first-order chi connectivity index (χ1) is 18.2. The minimum atomic E-state index is -3.63. The molecule has 38 heavy (non-hydrogen) atoms. The van der Waals surface area contributed by atoms with Crippen molar-refractivity contribution < 1.29 is 13.2 Å². The Morgan fingerprint density at radius 1 is 1.05 bits per heavy atom. The zero-order valence-electron chi connectivity index (χ0n) is 22.0. The van der Waals surface area contributed by atoms with Crippen molar-refractivity contribution in [1.29, 1.82) is 0 Å². The van der Waals surface area contributed by atoms with Crippen LogP contribution in [0.4, 0.5) is 5.13 Å². The molecule has 10 heteroatoms. The number of anilines is 1. The van der Waals surface area contributed by atoms with Crippen molar-refractivity contribution in [2.45, 2.75) is 63.4 Å². The number of benzene rings is 2. The second-order valence-electron chi connectivity index (χ2n) is 9.91. The van der Waals surface area contributed by atoms with Gasteiger partial charge >= 0.3 is 0 Å². The van der Waals surface area contributed by atoms with E-state index in [4.69, 9.17) is 4.98 Å². The molecule has 0 spiro atoms. The maximum absolute atomic E-state index is 13.8. The smallest absolute Gasteiger partial charge is 0.260 e. The van der Waals surface area contributed by atoms with E-state index < -0.39 is 10.0 Å². The number of para-hydroxylation sites is 1. The fraction of sp³-hybridized carbons (Fsp3) is 0.393. The normalized spacial score (nSPS) is 14.8. The third kappa shape index (κ3) is 5.39. The van der Waals surface area contributed by atoms with E-state index >= 15 is 0 Å². The number of thiazole rings is 1. The van der Waals surface area contributed by atoms with E-state index in [1.807, 2.05) is 48.9 Å². The summed E-state index contributed by atoms with van der Waals surface area (Å²) in [5, 5.41) is 5.14. The van der Waals surface area contributed by atoms with Crippen molar-refractivity contribution in [3.63, 3.8) is 0 Å². The molecular weight excluding hydrogens is 518 g/mol. The van der Waals surface area contributed by atoms with Crippen molar-refractivity contribution in [2.75, 3.05) is 18.5 Å². The number of amides is 1. The molecule has 0 N–H and O–H groups in total. The molecule has 0 aliphatic heterocycles. The average molecular weight is 552 g/mol. The first kappa shape index (κ1) is 26.5. The SMILES string of the molecule is Cc1cc(C)n(CCN(C(=O)c2ccc(S(=O)(=O)N(C)C3CCCCC3)cc2)c2nc3ccccc3s2)n1. The summed E-state index contributed by atoms with van der Waals surface area (Å²) in [6.45, 7) is 4.83. The van der Waals surface area contributed by atoms with E-state index in [-0.39, 0.29) is 16.8 Å². The van der Waals surface area contributed by atoms with Gasteiger partial charge in [-0.05, 0) is 69.2 Å². The van der Waals surface area contributed by atoms with Crippen LogP contribution in [0.1, 0.15) is 53.8 Å². The van der Waals surface area contributed by atoms with Gasteiger partial charge < -0.3 is 0 Å². The third-order valence-electron chi connectivity index (χ3n) is 7.26. The van der Waals surface area contributed by atoms with Crippen LogP contribution >= 0.6 is 11.3 Å². The molecule has 1 aliphatic carbocycles. The van der Waals surface area contributed by atoms with E-state index in [1.54, 1.807) is 36.2 Å². The maximum atomic E-state index is 13.8. The Morgan fingerprint density at radius 3 is 2.42 bits per heavy atom. The predicted octanol–water partition coefficient (Wildman–Crippen LogP) is 5.41. The highest BCUT2D eigenvalue weighted by Crippen LogP contribution is 2.30. The second kappa shape index (κ2) is 11.0. The highest BCUT2D eigenvalue weighted by Gasteiger charge is 2.29. The standard InChI is InChI=1S/C28H33N5O3S2/c1-20-19-21(2)33(30-20)18-17-32(28-29-25-11-7-8-12-26(25)37-28)27(34)22-13-15-24(16-14-22)38(35,36)31(3)23-9-5-4-6-10-23/h7-8,11-16,19,23H,4-6,9-10,17-18H2,1-3H3. The Bertz CT molecular complexity index is 1500. The summed E-state index contributed by atoms with van der Waals surface area (Å²) in [5.74, 6) is -0.227. The molecule has 0 bridgehead atoms. The molecule has 0 radical (unpaired) electrons. The molecule has 0 atom stereocenters. The van der Waals surface area contributed by atoms with E-state index in [1.165, 1.54) is 15.6 Å². The quantitative estimate of drug-likeness (QED) is 0.292. The lowest BCUT2D eigenvalue weighted by Crippen LogP contribution is -2.38. The van der Waals surface area contributed by atoms with Gasteiger partial charge in [0.25, 0.3) is 5.91 Å². The largest absolute Gasteiger partial charge is 0.282 e. The van der Waals surface area contributed by atoms with Crippen LogP contribution in [0.15, 0.2) is 59.5 Å². The number of sulfonamides is 1. The molecule has 200 valence electrons. The highest BCUT2D eigenvalue weighted by molar-refractivity contribution is 7.89. The van der Waals surface area contributed by atoms with Crippen LogP contribution in [0.3, 0.4) is 0 Å². The Balaban J connectivity index is 1.41. The van der Waals surface area contributed by atoms with Crippen LogP contribution in [0.5, 0.6) is 0 Å². The number of aryl methyl sites for hydroxylation is 2. The monoisotopic (exact) mass is 551 g/mol. The first-order valence-electron chi connectivity index (χ1n) is 13.0. The topological polar surface area (TPSA) is 88.4 Å². The summed E-state index contributed by atoms with van der Waals surface area (Å²) >= 11 is 1.46. The molecule has 0 unspecified atom stereocenters. The van der Waals surface area contributed by atoms with Crippen LogP contribution in [-0.4, -0.2) is 53.0 Å². The number of fused-ring (bicyclic) bond motifs is 1. The third-order valence-corrected chi connectivity index (χ3v) is 10.2. The molecule has 4 aromatic rings. The van der Waals surface area contributed by atoms with Crippen LogP contribution in [-0.2, 0) is 16.6 Å². The molecule has 5 rings (SSSR count). The van der Waals surface area contributed by atoms with E-state index in [0.29, 0.717) is 23.8 Å². The molecule has 2 heterocycles. The van der Waals surface area contributed by atoms with Crippen LogP contribution < -0.4 is 4.90 Å². The molecule has 2 aromatic heterocycles. The van der Waals surface area contributed by atoms with Crippen LogP contribution in [0, 0.1) is 13.8 Å². The fourth-order valence-electron chi connectivity index (χ4n) is 5.09. The van der Waals surface area contributed by atoms with Crippen LogP contribution in [0.25, 0.3) is 10.2 Å². The predicted molar refractivity (Wildman–Crippen MR) is 151 cm³/mol. The maximum Gasteiger partial charge on any atom is 0.260 e. The molecular formula is C28H33N5O3S2. The van der Waals surface area contributed by atoms with E-state index in [2.05, 4.69) is 5.10 Å². The number of hydrogen-bond donors (Lipinski definition) is 0. The zero-order valence-corrected chi connectivity index (χ0v) is 23.6. The lowest BCUT2D eigenvalue weighted by molar-refractivity contribution is 0.0985. The summed E-state index contributed by atoms with van der Waals surface area (Å²) in [4.78, 5) is 20.4. The van der Waals surface area contributed by atoms with E-state index in [9.17, 15) is 13.2 Å². The number of hydrogen-bond acceptors (Lipinski definition) is 6. The molecule has 8 nitrogen and oxygen atoms in total. The fourth-order valence-corrected chi connectivity index (χ4v) is 7.49. The molecule has 1 saturated carbocycles. The Kier molecular flexibility index (Phi) is 7.65. The average Bonchev–Trinajstić information content (AvgIpc) is 3.50. The van der Waals surface area contributed by atoms with Crippen molar-refractivity contribution in [3.8, 4) is 0 Å². The molecule has 0 saturated heterocycles. The minimum absolute atomic E-state index is 0.0268. The Labute approximate surface area is 228 Å². The van der Waals surface area contributed by atoms with Gasteiger partial charge in [-0.3, -0.25) is 14.4 Å². The molecule has 1 amide bonds. The lowest BCUT2D eigenvalue weighted by atomic mass is 9.96. The summed E-state index contributed by atoms with van der Waals surface area (Å²) in [6, 6.07) is 16.1. The van der Waals surface area contributed by atoms with Gasteiger partial charge in [0.2, 0.25) is 10.0 Å². The van der Waals surface area contributed by atoms with Gasteiger partial charge in [0, 0.05) is 30.9 Å². The Morgan fingerprint density at radius 2 is 1.76 bits per heavy atom. The highest BCUT2D eigenvalue weighted by atomic mass is 32.2. The molecule has 2 aromatic carbocycles. The summed E-state index contributed by atoms with van der Waals surface area (Å²) in [7, 11) is -1.97. The van der Waals surface area contributed by atoms with Gasteiger partial charge in [-0.1, -0.05) is 42.7 Å². The number of carbonyl (C=O) groups is 1. The first-order valence-corrected chi connectivity index (χ1v) is 15.3. The molecule has 1 aliphatic rings. The van der Waals surface area contributed by atoms with Gasteiger partial charge in [-0.25, -0.2) is 13.4 Å². The van der Waals surface area contributed by atoms with Crippen molar-refractivity contribution >= 4 is 42.6 Å².